The van der Waals surface area contributed by atoms with Gasteiger partial charge in [0, 0.05) is 41.0 Å². The molecule has 1 aromatic heterocycles. The van der Waals surface area contributed by atoms with Crippen molar-refractivity contribution in [2.75, 3.05) is 51.2 Å². The van der Waals surface area contributed by atoms with E-state index in [0.717, 1.165) is 5.82 Å². The molecule has 0 aromatic carbocycles. The Balaban J connectivity index is 2.68. The highest BCUT2D eigenvalue weighted by molar-refractivity contribution is 5.42. The van der Waals surface area contributed by atoms with E-state index in [1.54, 1.807) is 13.3 Å². The highest BCUT2D eigenvalue weighted by atomic mass is 16.5. The zero-order chi connectivity index (χ0) is 12.8. The molecule has 0 bridgehead atoms. The average molecular weight is 240 g/mol. The van der Waals surface area contributed by atoms with Crippen LogP contribution in [0.3, 0.4) is 0 Å². The van der Waals surface area contributed by atoms with Crippen LogP contribution < -0.4 is 9.80 Å². The Morgan fingerprint density at radius 1 is 1.41 bits per heavy atom. The molecule has 0 aliphatic carbocycles. The average Bonchev–Trinajstić information content (AvgIpc) is 2.29. The van der Waals surface area contributed by atoms with E-state index in [4.69, 9.17) is 4.74 Å². The molecule has 17 heavy (non-hydrogen) atoms. The molecule has 96 valence electrons. The van der Waals surface area contributed by atoms with Gasteiger partial charge in [-0.2, -0.15) is 4.98 Å². The standard InChI is InChI=1S/C11H20N4O2/c1-14(2)11-12-6-5-10(13-11)15(3)7-9(16)8-17-4/h5-6,9,16H,7-8H2,1-4H3. The van der Waals surface area contributed by atoms with Crippen LogP contribution in [-0.2, 0) is 4.74 Å². The van der Waals surface area contributed by atoms with E-state index < -0.39 is 6.10 Å². The van der Waals surface area contributed by atoms with E-state index in [-0.39, 0.29) is 0 Å². The summed E-state index contributed by atoms with van der Waals surface area (Å²) in [6.07, 6.45) is 1.18. The van der Waals surface area contributed by atoms with Gasteiger partial charge in [0.05, 0.1) is 12.7 Å². The van der Waals surface area contributed by atoms with E-state index in [9.17, 15) is 5.11 Å². The van der Waals surface area contributed by atoms with Crippen molar-refractivity contribution in [3.63, 3.8) is 0 Å². The number of aliphatic hydroxyl groups excluding tert-OH is 1. The minimum absolute atomic E-state index is 0.315. The van der Waals surface area contributed by atoms with Crippen molar-refractivity contribution < 1.29 is 9.84 Å². The number of ether oxygens (including phenoxy) is 1. The quantitative estimate of drug-likeness (QED) is 0.754. The molecule has 1 rings (SSSR count). The number of methoxy groups -OCH3 is 1. The molecule has 6 nitrogen and oxygen atoms in total. The second-order valence-corrected chi connectivity index (χ2v) is 4.10. The Morgan fingerprint density at radius 2 is 2.12 bits per heavy atom. The summed E-state index contributed by atoms with van der Waals surface area (Å²) in [7, 11) is 7.22. The molecular weight excluding hydrogens is 220 g/mol. The summed E-state index contributed by atoms with van der Waals surface area (Å²) >= 11 is 0. The van der Waals surface area contributed by atoms with Crippen LogP contribution in [0.25, 0.3) is 0 Å². The fraction of sp³-hybridized carbons (Fsp3) is 0.636. The molecule has 1 aromatic rings. The van der Waals surface area contributed by atoms with Crippen molar-refractivity contribution in [2.24, 2.45) is 0 Å². The Morgan fingerprint density at radius 3 is 2.71 bits per heavy atom. The van der Waals surface area contributed by atoms with Crippen LogP contribution in [0.1, 0.15) is 0 Å². The van der Waals surface area contributed by atoms with Gasteiger partial charge >= 0.3 is 0 Å². The molecule has 0 fully saturated rings. The van der Waals surface area contributed by atoms with Crippen LogP contribution in [0.15, 0.2) is 12.3 Å². The van der Waals surface area contributed by atoms with Crippen LogP contribution >= 0.6 is 0 Å². The van der Waals surface area contributed by atoms with E-state index >= 15 is 0 Å². The molecule has 0 amide bonds. The van der Waals surface area contributed by atoms with Crippen LogP contribution in [0.2, 0.25) is 0 Å². The minimum Gasteiger partial charge on any atom is -0.389 e. The topological polar surface area (TPSA) is 61.7 Å². The summed E-state index contributed by atoms with van der Waals surface area (Å²) in [5.74, 6) is 1.43. The first kappa shape index (κ1) is 13.7. The highest BCUT2D eigenvalue weighted by Gasteiger charge is 2.10. The van der Waals surface area contributed by atoms with Crippen LogP contribution in [0, 0.1) is 0 Å². The maximum atomic E-state index is 9.64. The summed E-state index contributed by atoms with van der Waals surface area (Å²) in [5.41, 5.74) is 0. The first-order valence-electron chi connectivity index (χ1n) is 5.43. The predicted molar refractivity (Wildman–Crippen MR) is 67.5 cm³/mol. The smallest absolute Gasteiger partial charge is 0.226 e. The van der Waals surface area contributed by atoms with Crippen LogP contribution in [0.4, 0.5) is 11.8 Å². The van der Waals surface area contributed by atoms with Gasteiger partial charge in [-0.15, -0.1) is 0 Å². The van der Waals surface area contributed by atoms with Crippen molar-refractivity contribution >= 4 is 11.8 Å². The number of nitrogens with zero attached hydrogens (tertiary/aromatic N) is 4. The zero-order valence-corrected chi connectivity index (χ0v) is 10.8. The van der Waals surface area contributed by atoms with Crippen molar-refractivity contribution in [3.8, 4) is 0 Å². The van der Waals surface area contributed by atoms with E-state index in [0.29, 0.717) is 19.1 Å². The molecule has 1 N–H and O–H groups in total. The first-order valence-corrected chi connectivity index (χ1v) is 5.43. The van der Waals surface area contributed by atoms with Crippen LogP contribution in [0.5, 0.6) is 0 Å². The van der Waals surface area contributed by atoms with E-state index in [1.165, 1.54) is 0 Å². The van der Waals surface area contributed by atoms with Gasteiger partial charge in [0.25, 0.3) is 0 Å². The summed E-state index contributed by atoms with van der Waals surface area (Å²) in [5, 5.41) is 9.64. The monoisotopic (exact) mass is 240 g/mol. The second kappa shape index (κ2) is 6.36. The molecule has 0 radical (unpaired) electrons. The predicted octanol–water partition coefficient (Wildman–Crippen LogP) is -0.0139. The SMILES string of the molecule is COCC(O)CN(C)c1ccnc(N(C)C)n1. The molecule has 0 aliphatic rings. The van der Waals surface area contributed by atoms with Crippen LogP contribution in [-0.4, -0.2) is 62.6 Å². The molecule has 0 spiro atoms. The molecule has 1 atom stereocenters. The minimum atomic E-state index is -0.525. The number of anilines is 2. The molecule has 1 unspecified atom stereocenters. The number of aliphatic hydroxyl groups is 1. The summed E-state index contributed by atoms with van der Waals surface area (Å²) in [4.78, 5) is 12.2. The summed E-state index contributed by atoms with van der Waals surface area (Å²) in [6.45, 7) is 0.785. The highest BCUT2D eigenvalue weighted by Crippen LogP contribution is 2.12. The molecule has 6 heteroatoms. The lowest BCUT2D eigenvalue weighted by molar-refractivity contribution is 0.0694. The van der Waals surface area contributed by atoms with Gasteiger partial charge in [0.1, 0.15) is 5.82 Å². The Bertz CT molecular complexity index is 346. The van der Waals surface area contributed by atoms with Gasteiger partial charge in [0.2, 0.25) is 5.95 Å². The fourth-order valence-corrected chi connectivity index (χ4v) is 1.42. The third kappa shape index (κ3) is 4.16. The first-order chi connectivity index (χ1) is 8.04. The number of likely N-dealkylation sites (N-methyl/N-ethyl adjacent to an activating group) is 1. The lowest BCUT2D eigenvalue weighted by Crippen LogP contribution is -2.32. The molecule has 0 saturated carbocycles. The fourth-order valence-electron chi connectivity index (χ4n) is 1.42. The van der Waals surface area contributed by atoms with Gasteiger partial charge in [-0.3, -0.25) is 0 Å². The van der Waals surface area contributed by atoms with Gasteiger partial charge in [0.15, 0.2) is 0 Å². The van der Waals surface area contributed by atoms with Gasteiger partial charge in [-0.05, 0) is 6.07 Å². The van der Waals surface area contributed by atoms with Gasteiger partial charge in [-0.25, -0.2) is 4.98 Å². The Kier molecular flexibility index (Phi) is 5.11. The normalized spacial score (nSPS) is 12.3. The number of hydrogen-bond acceptors (Lipinski definition) is 6. The molecule has 1 heterocycles. The Labute approximate surface area is 102 Å². The number of aromatic nitrogens is 2. The molecule has 0 saturated heterocycles. The molecular formula is C11H20N4O2. The number of rotatable bonds is 6. The van der Waals surface area contributed by atoms with Crippen molar-refractivity contribution in [1.82, 2.24) is 9.97 Å². The maximum absolute atomic E-state index is 9.64. The van der Waals surface area contributed by atoms with Gasteiger partial charge in [-0.1, -0.05) is 0 Å². The summed E-state index contributed by atoms with van der Waals surface area (Å²) < 4.78 is 4.88. The third-order valence-electron chi connectivity index (χ3n) is 2.26. The lowest BCUT2D eigenvalue weighted by atomic mass is 10.3. The Hall–Kier alpha value is -1.40. The van der Waals surface area contributed by atoms with Crippen molar-refractivity contribution in [1.29, 1.82) is 0 Å². The largest absolute Gasteiger partial charge is 0.389 e. The lowest BCUT2D eigenvalue weighted by Gasteiger charge is -2.22. The second-order valence-electron chi connectivity index (χ2n) is 4.10. The van der Waals surface area contributed by atoms with Gasteiger partial charge < -0.3 is 19.6 Å². The van der Waals surface area contributed by atoms with E-state index in [2.05, 4.69) is 9.97 Å². The summed E-state index contributed by atoms with van der Waals surface area (Å²) in [6, 6.07) is 1.81. The van der Waals surface area contributed by atoms with E-state index in [1.807, 2.05) is 37.0 Å². The maximum Gasteiger partial charge on any atom is 0.226 e. The zero-order valence-electron chi connectivity index (χ0n) is 10.8. The third-order valence-corrected chi connectivity index (χ3v) is 2.26. The van der Waals surface area contributed by atoms with Crippen molar-refractivity contribution in [2.45, 2.75) is 6.10 Å². The van der Waals surface area contributed by atoms with Crippen molar-refractivity contribution in [3.05, 3.63) is 12.3 Å². The number of hydrogen-bond donors (Lipinski definition) is 1. The molecule has 0 aliphatic heterocycles.